The number of fused-ring (bicyclic) bond motifs is 1. The second kappa shape index (κ2) is 10.7. The van der Waals surface area contributed by atoms with Gasteiger partial charge in [0.1, 0.15) is 19.0 Å². The van der Waals surface area contributed by atoms with Gasteiger partial charge in [0.25, 0.3) is 0 Å². The minimum Gasteiger partial charge on any atom is -0.496 e. The molecule has 0 atom stereocenters. The Balaban J connectivity index is 1.53. The van der Waals surface area contributed by atoms with Gasteiger partial charge >= 0.3 is 11.9 Å². The summed E-state index contributed by atoms with van der Waals surface area (Å²) in [6.45, 7) is 7.62. The van der Waals surface area contributed by atoms with Gasteiger partial charge in [0, 0.05) is 24.1 Å². The zero-order valence-electron chi connectivity index (χ0n) is 18.9. The summed E-state index contributed by atoms with van der Waals surface area (Å²) in [6, 6.07) is 0. The van der Waals surface area contributed by atoms with E-state index in [1.165, 1.54) is 19.3 Å². The molecule has 2 aliphatic heterocycles. The molecule has 0 aromatic heterocycles. The Morgan fingerprint density at radius 3 is 2.68 bits per heavy atom. The molecule has 7 nitrogen and oxygen atoms in total. The number of rotatable bonds is 9. The first-order valence-corrected chi connectivity index (χ1v) is 11.1. The summed E-state index contributed by atoms with van der Waals surface area (Å²) < 4.78 is 16.1. The molecule has 170 valence electrons. The minimum absolute atomic E-state index is 0.169. The minimum atomic E-state index is -0.382. The summed E-state index contributed by atoms with van der Waals surface area (Å²) in [5, 5.41) is 0. The fourth-order valence-corrected chi connectivity index (χ4v) is 4.31. The van der Waals surface area contributed by atoms with E-state index in [2.05, 4.69) is 4.90 Å². The maximum Gasteiger partial charge on any atom is 0.341 e. The number of methoxy groups -OCH3 is 1. The third kappa shape index (κ3) is 5.58. The number of carbonyl (C=O) groups excluding carboxylic acids is 2. The molecule has 1 aromatic rings. The van der Waals surface area contributed by atoms with E-state index < -0.39 is 0 Å². The predicted molar refractivity (Wildman–Crippen MR) is 119 cm³/mol. The average molecular weight is 431 g/mol. The summed E-state index contributed by atoms with van der Waals surface area (Å²) in [7, 11) is 1.60. The van der Waals surface area contributed by atoms with Crippen LogP contribution in [0.2, 0.25) is 0 Å². The SMILES string of the molecule is COc1c(C)c2c(c(N)c1CC=C(C)CCC(=O)OCCN1CCCCC1)C(=O)OC2. The van der Waals surface area contributed by atoms with Crippen molar-refractivity contribution in [2.75, 3.05) is 39.1 Å². The highest BCUT2D eigenvalue weighted by atomic mass is 16.5. The molecule has 1 saturated heterocycles. The Bertz CT molecular complexity index is 856. The number of ether oxygens (including phenoxy) is 3. The Hall–Kier alpha value is -2.54. The van der Waals surface area contributed by atoms with Gasteiger partial charge in [-0.15, -0.1) is 0 Å². The first-order chi connectivity index (χ1) is 14.9. The van der Waals surface area contributed by atoms with Crippen molar-refractivity contribution in [2.24, 2.45) is 0 Å². The number of cyclic esters (lactones) is 1. The normalized spacial score (nSPS) is 16.7. The lowest BCUT2D eigenvalue weighted by molar-refractivity contribution is -0.144. The summed E-state index contributed by atoms with van der Waals surface area (Å²) in [4.78, 5) is 26.5. The van der Waals surface area contributed by atoms with Gasteiger partial charge in [0.2, 0.25) is 0 Å². The summed E-state index contributed by atoms with van der Waals surface area (Å²) in [5.41, 5.74) is 10.7. The lowest BCUT2D eigenvalue weighted by atomic mass is 9.94. The van der Waals surface area contributed by atoms with Gasteiger partial charge in [-0.2, -0.15) is 0 Å². The van der Waals surface area contributed by atoms with E-state index in [9.17, 15) is 9.59 Å². The maximum absolute atomic E-state index is 12.1. The van der Waals surface area contributed by atoms with Crippen LogP contribution in [0.5, 0.6) is 5.75 Å². The molecule has 1 aromatic carbocycles. The maximum atomic E-state index is 12.1. The molecule has 0 bridgehead atoms. The highest BCUT2D eigenvalue weighted by molar-refractivity contribution is 6.00. The quantitative estimate of drug-likeness (QED) is 0.364. The number of anilines is 1. The highest BCUT2D eigenvalue weighted by Crippen LogP contribution is 2.39. The molecule has 1 fully saturated rings. The number of carbonyl (C=O) groups is 2. The lowest BCUT2D eigenvalue weighted by Gasteiger charge is -2.25. The molecule has 2 heterocycles. The van der Waals surface area contributed by atoms with Gasteiger partial charge < -0.3 is 19.9 Å². The van der Waals surface area contributed by atoms with Crippen LogP contribution in [0, 0.1) is 6.92 Å². The molecule has 0 radical (unpaired) electrons. The highest BCUT2D eigenvalue weighted by Gasteiger charge is 2.30. The summed E-state index contributed by atoms with van der Waals surface area (Å²) in [5.74, 6) is 0.140. The zero-order valence-corrected chi connectivity index (χ0v) is 18.9. The van der Waals surface area contributed by atoms with Crippen molar-refractivity contribution in [2.45, 2.75) is 59.0 Å². The van der Waals surface area contributed by atoms with Crippen molar-refractivity contribution in [3.05, 3.63) is 33.9 Å². The van der Waals surface area contributed by atoms with Gasteiger partial charge in [-0.05, 0) is 58.2 Å². The van der Waals surface area contributed by atoms with Crippen molar-refractivity contribution in [3.8, 4) is 5.75 Å². The van der Waals surface area contributed by atoms with E-state index in [1.54, 1.807) is 7.11 Å². The number of piperidine rings is 1. The number of benzene rings is 1. The summed E-state index contributed by atoms with van der Waals surface area (Å²) >= 11 is 0. The van der Waals surface area contributed by atoms with E-state index in [0.717, 1.165) is 41.9 Å². The van der Waals surface area contributed by atoms with Crippen molar-refractivity contribution in [1.82, 2.24) is 4.90 Å². The molecule has 0 aliphatic carbocycles. The molecular weight excluding hydrogens is 396 g/mol. The number of nitrogens with zero attached hydrogens (tertiary/aromatic N) is 1. The molecule has 7 heteroatoms. The second-order valence-corrected chi connectivity index (χ2v) is 8.36. The van der Waals surface area contributed by atoms with Gasteiger partial charge in [-0.1, -0.05) is 18.1 Å². The van der Waals surface area contributed by atoms with Crippen LogP contribution in [0.3, 0.4) is 0 Å². The van der Waals surface area contributed by atoms with Gasteiger partial charge in [0.15, 0.2) is 0 Å². The first kappa shape index (κ1) is 23.1. The number of allylic oxidation sites excluding steroid dienone is 2. The standard InChI is InChI=1S/C24H34N2O5/c1-16(8-10-20(27)30-14-13-26-11-5-4-6-12-26)7-9-18-22(25)21-19(15-31-24(21)28)17(2)23(18)29-3/h7H,4-6,8-15,25H2,1-3H3. The monoisotopic (exact) mass is 430 g/mol. The number of likely N-dealkylation sites (tertiary alicyclic amines) is 1. The number of hydrogen-bond acceptors (Lipinski definition) is 7. The van der Waals surface area contributed by atoms with Crippen LogP contribution < -0.4 is 10.5 Å². The predicted octanol–water partition coefficient (Wildman–Crippen LogP) is 3.55. The van der Waals surface area contributed by atoms with Crippen LogP contribution in [-0.2, 0) is 27.3 Å². The second-order valence-electron chi connectivity index (χ2n) is 8.36. The smallest absolute Gasteiger partial charge is 0.341 e. The Morgan fingerprint density at radius 1 is 1.23 bits per heavy atom. The Labute approximate surface area is 184 Å². The van der Waals surface area contributed by atoms with Crippen molar-refractivity contribution >= 4 is 17.6 Å². The van der Waals surface area contributed by atoms with Gasteiger partial charge in [-0.25, -0.2) is 4.79 Å². The molecule has 2 aliphatic rings. The fourth-order valence-electron chi connectivity index (χ4n) is 4.31. The lowest BCUT2D eigenvalue weighted by Crippen LogP contribution is -2.33. The van der Waals surface area contributed by atoms with Gasteiger partial charge in [-0.3, -0.25) is 9.69 Å². The van der Waals surface area contributed by atoms with Crippen LogP contribution in [0.4, 0.5) is 5.69 Å². The zero-order chi connectivity index (χ0) is 22.4. The van der Waals surface area contributed by atoms with E-state index in [-0.39, 0.29) is 18.5 Å². The van der Waals surface area contributed by atoms with Crippen LogP contribution >= 0.6 is 0 Å². The van der Waals surface area contributed by atoms with Crippen LogP contribution in [0.15, 0.2) is 11.6 Å². The third-order valence-corrected chi connectivity index (χ3v) is 6.22. The average Bonchev–Trinajstić information content (AvgIpc) is 3.16. The van der Waals surface area contributed by atoms with Crippen LogP contribution in [0.1, 0.15) is 66.1 Å². The Kier molecular flexibility index (Phi) is 7.96. The molecule has 2 N–H and O–H groups in total. The number of nitrogens with two attached hydrogens (primary N) is 1. The van der Waals surface area contributed by atoms with E-state index in [0.29, 0.717) is 42.9 Å². The Morgan fingerprint density at radius 2 is 1.97 bits per heavy atom. The third-order valence-electron chi connectivity index (χ3n) is 6.22. The first-order valence-electron chi connectivity index (χ1n) is 11.1. The molecule has 31 heavy (non-hydrogen) atoms. The van der Waals surface area contributed by atoms with Gasteiger partial charge in [0.05, 0.1) is 18.4 Å². The summed E-state index contributed by atoms with van der Waals surface area (Å²) in [6.07, 6.45) is 7.29. The fraction of sp³-hybridized carbons (Fsp3) is 0.583. The van der Waals surface area contributed by atoms with Crippen molar-refractivity contribution in [3.63, 3.8) is 0 Å². The largest absolute Gasteiger partial charge is 0.496 e. The molecule has 0 unspecified atom stereocenters. The van der Waals surface area contributed by atoms with Crippen LogP contribution in [-0.4, -0.2) is 50.2 Å². The topological polar surface area (TPSA) is 91.1 Å². The molecule has 3 rings (SSSR count). The van der Waals surface area contributed by atoms with E-state index in [1.807, 2.05) is 19.9 Å². The van der Waals surface area contributed by atoms with E-state index in [4.69, 9.17) is 19.9 Å². The molecule has 0 spiro atoms. The van der Waals surface area contributed by atoms with Crippen LogP contribution in [0.25, 0.3) is 0 Å². The van der Waals surface area contributed by atoms with E-state index >= 15 is 0 Å². The number of nitrogen functional groups attached to an aromatic ring is 1. The van der Waals surface area contributed by atoms with Crippen molar-refractivity contribution < 1.29 is 23.8 Å². The molecule has 0 saturated carbocycles. The molecule has 0 amide bonds. The molecular formula is C24H34N2O5. The number of hydrogen-bond donors (Lipinski definition) is 1. The number of esters is 2. The van der Waals surface area contributed by atoms with Crippen molar-refractivity contribution in [1.29, 1.82) is 0 Å².